The van der Waals surface area contributed by atoms with Gasteiger partial charge in [0.25, 0.3) is 0 Å². The topological polar surface area (TPSA) is 91.0 Å². The van der Waals surface area contributed by atoms with Gasteiger partial charge in [-0.3, -0.25) is 9.69 Å². The van der Waals surface area contributed by atoms with Crippen molar-refractivity contribution in [1.29, 1.82) is 0 Å². The molecule has 0 atom stereocenters. The van der Waals surface area contributed by atoms with E-state index in [1.54, 1.807) is 33.1 Å². The van der Waals surface area contributed by atoms with E-state index in [2.05, 4.69) is 25.9 Å². The average molecular weight is 461 g/mol. The van der Waals surface area contributed by atoms with Gasteiger partial charge in [0.15, 0.2) is 0 Å². The van der Waals surface area contributed by atoms with Crippen molar-refractivity contribution in [3.63, 3.8) is 0 Å². The van der Waals surface area contributed by atoms with E-state index in [-0.39, 0.29) is 10.8 Å². The van der Waals surface area contributed by atoms with Crippen molar-refractivity contribution in [3.05, 3.63) is 48.0 Å². The number of nitrogens with zero attached hydrogens (tertiary/aromatic N) is 2. The first-order valence-electron chi connectivity index (χ1n) is 10.8. The number of para-hydroxylation sites is 2. The minimum absolute atomic E-state index is 0.107. The van der Waals surface area contributed by atoms with E-state index in [1.165, 1.54) is 6.07 Å². The molecule has 0 aromatic heterocycles. The molecule has 0 spiro atoms. The maximum atomic E-state index is 12.8. The highest BCUT2D eigenvalue weighted by molar-refractivity contribution is 7.89. The molecule has 9 heteroatoms. The third-order valence-electron chi connectivity index (χ3n) is 5.59. The summed E-state index contributed by atoms with van der Waals surface area (Å²) >= 11 is 0. The molecule has 1 aliphatic rings. The molecule has 1 amide bonds. The summed E-state index contributed by atoms with van der Waals surface area (Å²) in [4.78, 5) is 16.3. The van der Waals surface area contributed by atoms with E-state index in [1.807, 2.05) is 18.2 Å². The molecule has 174 valence electrons. The van der Waals surface area contributed by atoms with Gasteiger partial charge in [0.1, 0.15) is 5.75 Å². The number of piperazine rings is 1. The van der Waals surface area contributed by atoms with E-state index in [4.69, 9.17) is 4.74 Å². The number of carbonyl (C=O) groups is 1. The molecule has 1 saturated heterocycles. The summed E-state index contributed by atoms with van der Waals surface area (Å²) in [6.07, 6.45) is 0.369. The Hall–Kier alpha value is -2.62. The zero-order valence-electron chi connectivity index (χ0n) is 18.9. The summed E-state index contributed by atoms with van der Waals surface area (Å²) < 4.78 is 33.7. The zero-order chi connectivity index (χ0) is 23.1. The van der Waals surface area contributed by atoms with Crippen molar-refractivity contribution >= 4 is 27.3 Å². The second kappa shape index (κ2) is 10.8. The quantitative estimate of drug-likeness (QED) is 0.597. The average Bonchev–Trinajstić information content (AvgIpc) is 2.79. The molecule has 0 radical (unpaired) electrons. The van der Waals surface area contributed by atoms with Crippen molar-refractivity contribution in [2.45, 2.75) is 25.2 Å². The Labute approximate surface area is 190 Å². The first-order valence-corrected chi connectivity index (χ1v) is 12.3. The number of carbonyl (C=O) groups excluding carboxylic acids is 1. The van der Waals surface area contributed by atoms with E-state index < -0.39 is 10.0 Å². The second-order valence-corrected chi connectivity index (χ2v) is 9.52. The van der Waals surface area contributed by atoms with Gasteiger partial charge < -0.3 is 15.0 Å². The lowest BCUT2D eigenvalue weighted by Crippen LogP contribution is -2.48. The predicted molar refractivity (Wildman–Crippen MR) is 127 cm³/mol. The number of aryl methyl sites for hydroxylation is 1. The molecule has 0 bridgehead atoms. The first-order chi connectivity index (χ1) is 15.3. The van der Waals surface area contributed by atoms with Crippen LogP contribution in [0.15, 0.2) is 47.4 Å². The Morgan fingerprint density at radius 3 is 2.47 bits per heavy atom. The van der Waals surface area contributed by atoms with Crippen LogP contribution in [0.1, 0.15) is 18.9 Å². The third kappa shape index (κ3) is 5.99. The fourth-order valence-corrected chi connectivity index (χ4v) is 5.04. The van der Waals surface area contributed by atoms with Crippen LogP contribution in [-0.4, -0.2) is 65.6 Å². The molecule has 1 heterocycles. The third-order valence-corrected chi connectivity index (χ3v) is 7.21. The molecule has 2 N–H and O–H groups in total. The smallest absolute Gasteiger partial charge is 0.240 e. The number of rotatable bonds is 9. The maximum Gasteiger partial charge on any atom is 0.240 e. The van der Waals surface area contributed by atoms with Crippen LogP contribution in [0.2, 0.25) is 0 Å². The largest absolute Gasteiger partial charge is 0.495 e. The zero-order valence-corrected chi connectivity index (χ0v) is 19.7. The molecule has 0 saturated carbocycles. The summed E-state index contributed by atoms with van der Waals surface area (Å²) in [6, 6.07) is 12.8. The lowest BCUT2D eigenvalue weighted by Gasteiger charge is -2.36. The summed E-state index contributed by atoms with van der Waals surface area (Å²) in [7, 11) is -1.94. The SMILES string of the molecule is CCC(=O)Nc1ccc(S(=O)(=O)NCCN2CCN(c3ccccc3OC)CC2)c(C)c1. The number of hydrogen-bond donors (Lipinski definition) is 2. The number of benzene rings is 2. The van der Waals surface area contributed by atoms with Gasteiger partial charge in [-0.15, -0.1) is 0 Å². The van der Waals surface area contributed by atoms with Gasteiger partial charge in [-0.1, -0.05) is 19.1 Å². The molecule has 8 nitrogen and oxygen atoms in total. The first kappa shape index (κ1) is 24.0. The van der Waals surface area contributed by atoms with E-state index in [9.17, 15) is 13.2 Å². The van der Waals surface area contributed by atoms with Crippen LogP contribution >= 0.6 is 0 Å². The predicted octanol–water partition coefficient (Wildman–Crippen LogP) is 2.45. The summed E-state index contributed by atoms with van der Waals surface area (Å²) in [5.74, 6) is 0.758. The number of amides is 1. The normalized spacial score (nSPS) is 14.9. The van der Waals surface area contributed by atoms with Crippen LogP contribution in [0.25, 0.3) is 0 Å². The van der Waals surface area contributed by atoms with E-state index >= 15 is 0 Å². The molecule has 32 heavy (non-hydrogen) atoms. The van der Waals surface area contributed by atoms with Crippen LogP contribution in [-0.2, 0) is 14.8 Å². The molecule has 1 aliphatic heterocycles. The highest BCUT2D eigenvalue weighted by atomic mass is 32.2. The van der Waals surface area contributed by atoms with Crippen molar-refractivity contribution in [2.24, 2.45) is 0 Å². The van der Waals surface area contributed by atoms with Crippen molar-refractivity contribution in [2.75, 3.05) is 56.6 Å². The lowest BCUT2D eigenvalue weighted by molar-refractivity contribution is -0.115. The van der Waals surface area contributed by atoms with Crippen LogP contribution < -0.4 is 19.7 Å². The summed E-state index contributed by atoms with van der Waals surface area (Å²) in [5.41, 5.74) is 2.28. The van der Waals surface area contributed by atoms with Gasteiger partial charge in [-0.05, 0) is 42.8 Å². The van der Waals surface area contributed by atoms with Crippen molar-refractivity contribution in [3.8, 4) is 5.75 Å². The number of methoxy groups -OCH3 is 1. The molecular formula is C23H32N4O4S. The van der Waals surface area contributed by atoms with Crippen LogP contribution in [0.5, 0.6) is 5.75 Å². The molecule has 0 aliphatic carbocycles. The van der Waals surface area contributed by atoms with Crippen molar-refractivity contribution in [1.82, 2.24) is 9.62 Å². The second-order valence-electron chi connectivity index (χ2n) is 7.78. The molecule has 2 aromatic rings. The lowest BCUT2D eigenvalue weighted by atomic mass is 10.2. The Morgan fingerprint density at radius 1 is 1.09 bits per heavy atom. The Morgan fingerprint density at radius 2 is 1.81 bits per heavy atom. The van der Waals surface area contributed by atoms with Crippen molar-refractivity contribution < 1.29 is 17.9 Å². The molecule has 3 rings (SSSR count). The standard InChI is InChI=1S/C23H32N4O4S/c1-4-23(28)25-19-9-10-22(18(2)17-19)32(29,30)24-11-12-26-13-15-27(16-14-26)20-7-5-6-8-21(20)31-3/h5-10,17,24H,4,11-16H2,1-3H3,(H,25,28). The minimum Gasteiger partial charge on any atom is -0.495 e. The maximum absolute atomic E-state index is 12.8. The van der Waals surface area contributed by atoms with E-state index in [0.717, 1.165) is 37.6 Å². The fourth-order valence-electron chi connectivity index (χ4n) is 3.80. The monoisotopic (exact) mass is 460 g/mol. The molecule has 1 fully saturated rings. The van der Waals surface area contributed by atoms with Gasteiger partial charge in [-0.25, -0.2) is 13.1 Å². The summed E-state index contributed by atoms with van der Waals surface area (Å²) in [6.45, 7) is 7.90. The number of hydrogen-bond acceptors (Lipinski definition) is 6. The van der Waals surface area contributed by atoms with Crippen LogP contribution in [0, 0.1) is 6.92 Å². The van der Waals surface area contributed by atoms with Gasteiger partial charge >= 0.3 is 0 Å². The van der Waals surface area contributed by atoms with Crippen LogP contribution in [0.4, 0.5) is 11.4 Å². The molecular weight excluding hydrogens is 428 g/mol. The highest BCUT2D eigenvalue weighted by Crippen LogP contribution is 2.28. The number of ether oxygens (including phenoxy) is 1. The number of sulfonamides is 1. The number of nitrogens with one attached hydrogen (secondary N) is 2. The van der Waals surface area contributed by atoms with Gasteiger partial charge in [0.05, 0.1) is 17.7 Å². The Bertz CT molecular complexity index is 1030. The van der Waals surface area contributed by atoms with Gasteiger partial charge in [0.2, 0.25) is 15.9 Å². The van der Waals surface area contributed by atoms with Gasteiger partial charge in [-0.2, -0.15) is 0 Å². The summed E-state index contributed by atoms with van der Waals surface area (Å²) in [5, 5.41) is 2.75. The van der Waals surface area contributed by atoms with Gasteiger partial charge in [0, 0.05) is 51.4 Å². The molecule has 0 unspecified atom stereocenters. The number of anilines is 2. The highest BCUT2D eigenvalue weighted by Gasteiger charge is 2.21. The Balaban J connectivity index is 1.50. The minimum atomic E-state index is -3.62. The molecule has 2 aromatic carbocycles. The Kier molecular flexibility index (Phi) is 8.11. The fraction of sp³-hybridized carbons (Fsp3) is 0.435. The van der Waals surface area contributed by atoms with Crippen LogP contribution in [0.3, 0.4) is 0 Å². The van der Waals surface area contributed by atoms with E-state index in [0.29, 0.717) is 30.8 Å².